The van der Waals surface area contributed by atoms with Crippen LogP contribution in [-0.2, 0) is 0 Å². The molecule has 1 heterocycles. The van der Waals surface area contributed by atoms with Gasteiger partial charge in [-0.25, -0.2) is 0 Å². The number of hydrogen-bond donors (Lipinski definition) is 2. The second-order valence-electron chi connectivity index (χ2n) is 8.05. The van der Waals surface area contributed by atoms with Gasteiger partial charge in [0.05, 0.1) is 0 Å². The van der Waals surface area contributed by atoms with Crippen LogP contribution in [0.3, 0.4) is 0 Å². The van der Waals surface area contributed by atoms with E-state index in [1.54, 1.807) is 17.4 Å². The molecule has 2 N–H and O–H groups in total. The molecule has 0 aliphatic heterocycles. The van der Waals surface area contributed by atoms with Crippen LogP contribution >= 0.6 is 11.3 Å². The van der Waals surface area contributed by atoms with Gasteiger partial charge in [-0.15, -0.1) is 11.3 Å². The Hall–Kier alpha value is -3.44. The average molecular weight is 430 g/mol. The number of hydrogen-bond acceptors (Lipinski definition) is 3. The first kappa shape index (κ1) is 19.3. The van der Waals surface area contributed by atoms with Crippen molar-refractivity contribution < 1.29 is 10.0 Å². The monoisotopic (exact) mass is 430 g/mol. The van der Waals surface area contributed by atoms with Crippen LogP contribution in [0.2, 0.25) is 0 Å². The van der Waals surface area contributed by atoms with Crippen molar-refractivity contribution in [3.05, 3.63) is 103 Å². The molecule has 0 saturated carbocycles. The third kappa shape index (κ3) is 3.21. The molecule has 1 aromatic heterocycles. The summed E-state index contributed by atoms with van der Waals surface area (Å²) in [6.45, 7) is 0. The number of rotatable bonds is 3. The van der Waals surface area contributed by atoms with Crippen molar-refractivity contribution in [2.45, 2.75) is 0 Å². The van der Waals surface area contributed by atoms with Gasteiger partial charge in [-0.05, 0) is 62.1 Å². The Kier molecular flexibility index (Phi) is 4.58. The minimum absolute atomic E-state index is 0.516. The first-order chi connectivity index (χ1) is 15.7. The van der Waals surface area contributed by atoms with Crippen LogP contribution in [-0.4, -0.2) is 17.2 Å². The topological polar surface area (TPSA) is 40.5 Å². The normalized spacial score (nSPS) is 11.4. The molecule has 4 heteroatoms. The molecule has 6 rings (SSSR count). The van der Waals surface area contributed by atoms with E-state index < -0.39 is 7.12 Å². The third-order valence-corrected chi connectivity index (χ3v) is 7.26. The summed E-state index contributed by atoms with van der Waals surface area (Å²) in [4.78, 5) is 0. The zero-order chi connectivity index (χ0) is 21.7. The Morgan fingerprint density at radius 3 is 2.00 bits per heavy atom. The van der Waals surface area contributed by atoms with Crippen LogP contribution in [0, 0.1) is 0 Å². The van der Waals surface area contributed by atoms with Crippen molar-refractivity contribution >= 4 is 54.9 Å². The van der Waals surface area contributed by atoms with Crippen molar-refractivity contribution in [2.75, 3.05) is 0 Å². The maximum absolute atomic E-state index is 9.57. The third-order valence-electron chi connectivity index (χ3n) is 6.11. The van der Waals surface area contributed by atoms with Crippen molar-refractivity contribution in [2.24, 2.45) is 0 Å². The lowest BCUT2D eigenvalue weighted by Gasteiger charge is -2.09. The minimum Gasteiger partial charge on any atom is -0.423 e. The Morgan fingerprint density at radius 1 is 0.531 bits per heavy atom. The molecule has 0 bridgehead atoms. The summed E-state index contributed by atoms with van der Waals surface area (Å²) in [5.41, 5.74) is 5.27. The van der Waals surface area contributed by atoms with Crippen molar-refractivity contribution in [1.82, 2.24) is 0 Å². The Labute approximate surface area is 190 Å². The van der Waals surface area contributed by atoms with Crippen LogP contribution in [0.5, 0.6) is 0 Å². The van der Waals surface area contributed by atoms with E-state index in [0.29, 0.717) is 5.46 Å². The largest absolute Gasteiger partial charge is 0.488 e. The van der Waals surface area contributed by atoms with Gasteiger partial charge >= 0.3 is 7.12 Å². The van der Waals surface area contributed by atoms with Gasteiger partial charge in [0.1, 0.15) is 0 Å². The summed E-state index contributed by atoms with van der Waals surface area (Å²) in [6, 6.07) is 35.8. The van der Waals surface area contributed by atoms with Gasteiger partial charge in [0, 0.05) is 14.8 Å². The molecule has 152 valence electrons. The number of thiophene rings is 1. The molecule has 0 radical (unpaired) electrons. The molecule has 0 fully saturated rings. The molecule has 0 aliphatic rings. The van der Waals surface area contributed by atoms with Gasteiger partial charge in [0.15, 0.2) is 0 Å². The van der Waals surface area contributed by atoms with E-state index >= 15 is 0 Å². The molecule has 0 amide bonds. The highest BCUT2D eigenvalue weighted by Crippen LogP contribution is 2.37. The summed E-state index contributed by atoms with van der Waals surface area (Å²) in [5.74, 6) is 0. The number of benzene rings is 5. The summed E-state index contributed by atoms with van der Waals surface area (Å²) in [7, 11) is -1.46. The Morgan fingerprint density at radius 2 is 1.19 bits per heavy atom. The molecule has 0 atom stereocenters. The maximum atomic E-state index is 9.57. The van der Waals surface area contributed by atoms with Crippen LogP contribution in [0.4, 0.5) is 0 Å². The van der Waals surface area contributed by atoms with E-state index in [2.05, 4.69) is 84.9 Å². The van der Waals surface area contributed by atoms with E-state index in [9.17, 15) is 10.0 Å². The second-order valence-corrected chi connectivity index (χ2v) is 9.13. The molecule has 2 nitrogen and oxygen atoms in total. The Balaban J connectivity index is 1.43. The van der Waals surface area contributed by atoms with Gasteiger partial charge in [0.2, 0.25) is 0 Å². The lowest BCUT2D eigenvalue weighted by molar-refractivity contribution is 0.426. The van der Waals surface area contributed by atoms with Crippen LogP contribution in [0.25, 0.3) is 53.2 Å². The molecule has 0 saturated heterocycles. The van der Waals surface area contributed by atoms with Gasteiger partial charge in [0.25, 0.3) is 0 Å². The number of fused-ring (bicyclic) bond motifs is 4. The highest BCUT2D eigenvalue weighted by atomic mass is 32.1. The highest BCUT2D eigenvalue weighted by Gasteiger charge is 2.14. The highest BCUT2D eigenvalue weighted by molar-refractivity contribution is 7.25. The fourth-order valence-corrected chi connectivity index (χ4v) is 5.52. The average Bonchev–Trinajstić information content (AvgIpc) is 3.21. The van der Waals surface area contributed by atoms with Crippen molar-refractivity contribution in [3.8, 4) is 22.3 Å². The summed E-state index contributed by atoms with van der Waals surface area (Å²) in [5, 5.41) is 23.8. The predicted molar refractivity (Wildman–Crippen MR) is 138 cm³/mol. The predicted octanol–water partition coefficient (Wildman–Crippen LogP) is 6.22. The van der Waals surface area contributed by atoms with Crippen molar-refractivity contribution in [3.63, 3.8) is 0 Å². The first-order valence-corrected chi connectivity index (χ1v) is 11.4. The standard InChI is InChI=1S/C28H19BO2S/c30-29(31)22-13-15-28-26(17-22)25-16-21(12-14-27(25)32-28)18-8-10-20(11-9-18)24-7-3-5-19-4-1-2-6-23(19)24/h1-17,30-31H. The lowest BCUT2D eigenvalue weighted by atomic mass is 9.80. The lowest BCUT2D eigenvalue weighted by Crippen LogP contribution is -2.29. The molecule has 6 aromatic rings. The minimum atomic E-state index is -1.46. The summed E-state index contributed by atoms with van der Waals surface area (Å²) >= 11 is 1.72. The van der Waals surface area contributed by atoms with Crippen LogP contribution in [0.15, 0.2) is 103 Å². The van der Waals surface area contributed by atoms with Gasteiger partial charge in [-0.2, -0.15) is 0 Å². The van der Waals surface area contributed by atoms with E-state index in [-0.39, 0.29) is 0 Å². The molecule has 0 unspecified atom stereocenters. The van der Waals surface area contributed by atoms with Gasteiger partial charge in [-0.1, -0.05) is 84.9 Å². The van der Waals surface area contributed by atoms with E-state index in [1.165, 1.54) is 26.6 Å². The molecular weight excluding hydrogens is 411 g/mol. The molecular formula is C28H19BO2S. The molecule has 0 spiro atoms. The van der Waals surface area contributed by atoms with Gasteiger partial charge in [-0.3, -0.25) is 0 Å². The quantitative estimate of drug-likeness (QED) is 0.327. The van der Waals surface area contributed by atoms with Crippen LogP contribution in [0.1, 0.15) is 0 Å². The van der Waals surface area contributed by atoms with E-state index in [0.717, 1.165) is 26.6 Å². The zero-order valence-corrected chi connectivity index (χ0v) is 18.0. The Bertz CT molecular complexity index is 1590. The van der Waals surface area contributed by atoms with Gasteiger partial charge < -0.3 is 10.0 Å². The molecule has 5 aromatic carbocycles. The molecule has 0 aliphatic carbocycles. The summed E-state index contributed by atoms with van der Waals surface area (Å²) in [6.07, 6.45) is 0. The SMILES string of the molecule is OB(O)c1ccc2sc3ccc(-c4ccc(-c5cccc6ccccc56)cc4)cc3c2c1. The fourth-order valence-electron chi connectivity index (χ4n) is 4.45. The maximum Gasteiger partial charge on any atom is 0.488 e. The second kappa shape index (κ2) is 7.61. The zero-order valence-electron chi connectivity index (χ0n) is 17.2. The van der Waals surface area contributed by atoms with Crippen LogP contribution < -0.4 is 5.46 Å². The first-order valence-electron chi connectivity index (χ1n) is 10.6. The molecule has 32 heavy (non-hydrogen) atoms. The van der Waals surface area contributed by atoms with E-state index in [4.69, 9.17) is 0 Å². The smallest absolute Gasteiger partial charge is 0.423 e. The van der Waals surface area contributed by atoms with E-state index in [1.807, 2.05) is 12.1 Å². The fraction of sp³-hybridized carbons (Fsp3) is 0. The summed E-state index contributed by atoms with van der Waals surface area (Å²) < 4.78 is 2.34. The van der Waals surface area contributed by atoms with Crippen molar-refractivity contribution in [1.29, 1.82) is 0 Å².